The van der Waals surface area contributed by atoms with E-state index in [0.29, 0.717) is 19.1 Å². The molecule has 0 saturated carbocycles. The lowest BCUT2D eigenvalue weighted by Gasteiger charge is -2.13. The van der Waals surface area contributed by atoms with Gasteiger partial charge in [-0.15, -0.1) is 0 Å². The maximum Gasteiger partial charge on any atom is 0.161 e. The van der Waals surface area contributed by atoms with Crippen LogP contribution in [0.1, 0.15) is 19.4 Å². The van der Waals surface area contributed by atoms with E-state index in [1.807, 2.05) is 18.2 Å². The quantitative estimate of drug-likeness (QED) is 0.808. The van der Waals surface area contributed by atoms with Crippen LogP contribution in [-0.4, -0.2) is 13.7 Å². The first-order chi connectivity index (χ1) is 7.17. The molecule has 1 aromatic rings. The highest BCUT2D eigenvalue weighted by Crippen LogP contribution is 2.28. The van der Waals surface area contributed by atoms with Gasteiger partial charge in [0.15, 0.2) is 11.5 Å². The Morgan fingerprint density at radius 3 is 2.53 bits per heavy atom. The summed E-state index contributed by atoms with van der Waals surface area (Å²) in [6.45, 7) is 5.43. The van der Waals surface area contributed by atoms with Crippen LogP contribution in [0.4, 0.5) is 0 Å². The van der Waals surface area contributed by atoms with Crippen LogP contribution in [0.5, 0.6) is 11.5 Å². The maximum absolute atomic E-state index is 5.62. The van der Waals surface area contributed by atoms with Crippen molar-refractivity contribution in [2.24, 2.45) is 11.7 Å². The smallest absolute Gasteiger partial charge is 0.161 e. The van der Waals surface area contributed by atoms with Crippen molar-refractivity contribution in [3.63, 3.8) is 0 Å². The second-order valence-corrected chi connectivity index (χ2v) is 3.89. The van der Waals surface area contributed by atoms with Gasteiger partial charge in [0.1, 0.15) is 0 Å². The van der Waals surface area contributed by atoms with E-state index in [4.69, 9.17) is 15.2 Å². The molecule has 0 saturated heterocycles. The zero-order valence-electron chi connectivity index (χ0n) is 9.62. The van der Waals surface area contributed by atoms with Gasteiger partial charge in [-0.3, -0.25) is 0 Å². The first-order valence-electron chi connectivity index (χ1n) is 5.17. The van der Waals surface area contributed by atoms with Crippen LogP contribution in [0.25, 0.3) is 0 Å². The molecular formula is C12H19NO2. The molecule has 0 heterocycles. The fraction of sp³-hybridized carbons (Fsp3) is 0.500. The fourth-order valence-electron chi connectivity index (χ4n) is 1.21. The molecule has 2 N–H and O–H groups in total. The van der Waals surface area contributed by atoms with E-state index >= 15 is 0 Å². The van der Waals surface area contributed by atoms with Crippen molar-refractivity contribution in [1.82, 2.24) is 0 Å². The first kappa shape index (κ1) is 11.9. The Morgan fingerprint density at radius 2 is 2.00 bits per heavy atom. The third-order valence-corrected chi connectivity index (χ3v) is 2.04. The van der Waals surface area contributed by atoms with Crippen LogP contribution in [0.3, 0.4) is 0 Å². The summed E-state index contributed by atoms with van der Waals surface area (Å²) in [7, 11) is 1.64. The van der Waals surface area contributed by atoms with Crippen molar-refractivity contribution in [2.45, 2.75) is 20.4 Å². The normalized spacial score (nSPS) is 10.5. The molecule has 0 atom stereocenters. The van der Waals surface area contributed by atoms with Gasteiger partial charge in [0.25, 0.3) is 0 Å². The lowest BCUT2D eigenvalue weighted by molar-refractivity contribution is 0.257. The molecule has 15 heavy (non-hydrogen) atoms. The average molecular weight is 209 g/mol. The third-order valence-electron chi connectivity index (χ3n) is 2.04. The summed E-state index contributed by atoms with van der Waals surface area (Å²) in [6.07, 6.45) is 0. The van der Waals surface area contributed by atoms with Gasteiger partial charge < -0.3 is 15.2 Å². The molecule has 3 nitrogen and oxygen atoms in total. The molecule has 0 fully saturated rings. The summed E-state index contributed by atoms with van der Waals surface area (Å²) in [5, 5.41) is 0. The zero-order chi connectivity index (χ0) is 11.3. The predicted octanol–water partition coefficient (Wildman–Crippen LogP) is 2.19. The lowest BCUT2D eigenvalue weighted by Crippen LogP contribution is -2.06. The number of methoxy groups -OCH3 is 1. The van der Waals surface area contributed by atoms with Crippen molar-refractivity contribution in [3.05, 3.63) is 23.8 Å². The molecule has 0 bridgehead atoms. The number of ether oxygens (including phenoxy) is 2. The lowest BCUT2D eigenvalue weighted by atomic mass is 10.2. The second-order valence-electron chi connectivity index (χ2n) is 3.89. The van der Waals surface area contributed by atoms with E-state index in [1.54, 1.807) is 7.11 Å². The highest BCUT2D eigenvalue weighted by molar-refractivity contribution is 5.42. The molecule has 0 unspecified atom stereocenters. The highest BCUT2D eigenvalue weighted by Gasteiger charge is 2.05. The van der Waals surface area contributed by atoms with Gasteiger partial charge in [0.2, 0.25) is 0 Å². The van der Waals surface area contributed by atoms with Crippen molar-refractivity contribution in [2.75, 3.05) is 13.7 Å². The van der Waals surface area contributed by atoms with Crippen LogP contribution in [0.2, 0.25) is 0 Å². The van der Waals surface area contributed by atoms with Gasteiger partial charge in [0, 0.05) is 6.54 Å². The van der Waals surface area contributed by atoms with Crippen molar-refractivity contribution in [1.29, 1.82) is 0 Å². The molecule has 0 radical (unpaired) electrons. The van der Waals surface area contributed by atoms with Crippen LogP contribution >= 0.6 is 0 Å². The van der Waals surface area contributed by atoms with E-state index in [-0.39, 0.29) is 0 Å². The summed E-state index contributed by atoms with van der Waals surface area (Å²) in [6, 6.07) is 5.78. The average Bonchev–Trinajstić information content (AvgIpc) is 2.25. The van der Waals surface area contributed by atoms with Crippen LogP contribution in [-0.2, 0) is 6.54 Å². The third kappa shape index (κ3) is 3.44. The van der Waals surface area contributed by atoms with Gasteiger partial charge in [-0.1, -0.05) is 19.9 Å². The summed E-state index contributed by atoms with van der Waals surface area (Å²) >= 11 is 0. The van der Waals surface area contributed by atoms with Crippen molar-refractivity contribution < 1.29 is 9.47 Å². The van der Waals surface area contributed by atoms with E-state index < -0.39 is 0 Å². The van der Waals surface area contributed by atoms with E-state index in [9.17, 15) is 0 Å². The SMILES string of the molecule is COc1cc(CN)ccc1OCC(C)C. The fourth-order valence-corrected chi connectivity index (χ4v) is 1.21. The molecule has 1 aromatic carbocycles. The topological polar surface area (TPSA) is 44.5 Å². The van der Waals surface area contributed by atoms with E-state index in [2.05, 4.69) is 13.8 Å². The molecule has 0 aromatic heterocycles. The largest absolute Gasteiger partial charge is 0.493 e. The van der Waals surface area contributed by atoms with Gasteiger partial charge in [-0.25, -0.2) is 0 Å². The molecule has 84 valence electrons. The monoisotopic (exact) mass is 209 g/mol. The molecule has 0 aliphatic heterocycles. The first-order valence-corrected chi connectivity index (χ1v) is 5.17. The summed E-state index contributed by atoms with van der Waals surface area (Å²) in [5.74, 6) is 2.03. The molecule has 3 heteroatoms. The molecule has 0 aliphatic rings. The molecule has 0 aliphatic carbocycles. The van der Waals surface area contributed by atoms with Crippen LogP contribution in [0, 0.1) is 5.92 Å². The number of rotatable bonds is 5. The standard InChI is InChI=1S/C12H19NO2/c1-9(2)8-15-11-5-4-10(7-13)6-12(11)14-3/h4-6,9H,7-8,13H2,1-3H3. The Bertz CT molecular complexity index is 310. The zero-order valence-corrected chi connectivity index (χ0v) is 9.62. The summed E-state index contributed by atoms with van der Waals surface area (Å²) < 4.78 is 10.9. The molecule has 0 spiro atoms. The number of hydrogen-bond donors (Lipinski definition) is 1. The predicted molar refractivity (Wildman–Crippen MR) is 61.2 cm³/mol. The van der Waals surface area contributed by atoms with E-state index in [0.717, 1.165) is 17.1 Å². The Morgan fingerprint density at radius 1 is 1.27 bits per heavy atom. The Hall–Kier alpha value is -1.22. The summed E-state index contributed by atoms with van der Waals surface area (Å²) in [4.78, 5) is 0. The maximum atomic E-state index is 5.62. The number of nitrogens with two attached hydrogens (primary N) is 1. The number of hydrogen-bond acceptors (Lipinski definition) is 3. The van der Waals surface area contributed by atoms with Gasteiger partial charge in [-0.2, -0.15) is 0 Å². The Labute approximate surface area is 91.2 Å². The summed E-state index contributed by atoms with van der Waals surface area (Å²) in [5.41, 5.74) is 6.59. The second kappa shape index (κ2) is 5.61. The van der Waals surface area contributed by atoms with Gasteiger partial charge in [0.05, 0.1) is 13.7 Å². The van der Waals surface area contributed by atoms with Crippen molar-refractivity contribution >= 4 is 0 Å². The Balaban J connectivity index is 2.78. The minimum absolute atomic E-state index is 0.504. The molecule has 1 rings (SSSR count). The van der Waals surface area contributed by atoms with Gasteiger partial charge in [-0.05, 0) is 23.6 Å². The Kier molecular flexibility index (Phi) is 4.43. The van der Waals surface area contributed by atoms with E-state index in [1.165, 1.54) is 0 Å². The minimum atomic E-state index is 0.504. The van der Waals surface area contributed by atoms with Crippen LogP contribution in [0.15, 0.2) is 18.2 Å². The molecule has 0 amide bonds. The molecular weight excluding hydrogens is 190 g/mol. The van der Waals surface area contributed by atoms with Gasteiger partial charge >= 0.3 is 0 Å². The van der Waals surface area contributed by atoms with Crippen LogP contribution < -0.4 is 15.2 Å². The van der Waals surface area contributed by atoms with Crippen molar-refractivity contribution in [3.8, 4) is 11.5 Å². The minimum Gasteiger partial charge on any atom is -0.493 e. The number of benzene rings is 1. The highest BCUT2D eigenvalue weighted by atomic mass is 16.5.